The number of rotatable bonds is 8. The normalized spacial score (nSPS) is 11.9. The Kier molecular flexibility index (Phi) is 6.69. The number of nitrogens with two attached hydrogens (primary N) is 1. The highest BCUT2D eigenvalue weighted by Gasteiger charge is 2.18. The van der Waals surface area contributed by atoms with Crippen molar-refractivity contribution in [2.24, 2.45) is 0 Å². The van der Waals surface area contributed by atoms with Gasteiger partial charge in [-0.15, -0.1) is 0 Å². The standard InChI is InChI=1S/C14H21N3O3/c1-10-3-5-11(6-4-10)17-13(18)9-12(14(19)20)16-8-2-7-15/h3-6,12,16H,2,7-9,15H2,1H3,(H,17,18)(H,19,20)/p+1/t12-/m1/s1. The van der Waals surface area contributed by atoms with Crippen LogP contribution in [0.4, 0.5) is 5.69 Å². The minimum Gasteiger partial charge on any atom is -0.544 e. The summed E-state index contributed by atoms with van der Waals surface area (Å²) in [4.78, 5) is 22.8. The third kappa shape index (κ3) is 5.81. The zero-order valence-corrected chi connectivity index (χ0v) is 11.7. The maximum Gasteiger partial charge on any atom is 0.230 e. The van der Waals surface area contributed by atoms with Gasteiger partial charge in [0.15, 0.2) is 0 Å². The zero-order chi connectivity index (χ0) is 15.0. The molecule has 0 fully saturated rings. The molecule has 6 nitrogen and oxygen atoms in total. The number of carboxylic acid groups (broad SMARTS) is 1. The Morgan fingerprint density at radius 1 is 1.35 bits per heavy atom. The molecule has 1 aromatic carbocycles. The molecule has 0 aliphatic carbocycles. The molecule has 0 unspecified atom stereocenters. The van der Waals surface area contributed by atoms with Crippen molar-refractivity contribution in [3.05, 3.63) is 29.8 Å². The average molecular weight is 280 g/mol. The topological polar surface area (TPSA) is 113 Å². The second-order valence-corrected chi connectivity index (χ2v) is 4.78. The molecular formula is C14H22N3O3+. The number of aliphatic carboxylic acids is 1. The molecule has 0 aliphatic heterocycles. The molecule has 6 N–H and O–H groups in total. The van der Waals surface area contributed by atoms with E-state index in [1.807, 2.05) is 19.1 Å². The summed E-state index contributed by atoms with van der Waals surface area (Å²) in [6.45, 7) is 3.32. The number of carbonyl (C=O) groups is 2. The Morgan fingerprint density at radius 3 is 2.55 bits per heavy atom. The molecule has 0 saturated carbocycles. The molecule has 0 bridgehead atoms. The number of nitrogens with one attached hydrogen (secondary N) is 1. The Bertz CT molecular complexity index is 445. The number of carbonyl (C=O) groups excluding carboxylic acids is 2. The first-order valence-electron chi connectivity index (χ1n) is 6.73. The molecule has 20 heavy (non-hydrogen) atoms. The van der Waals surface area contributed by atoms with E-state index < -0.39 is 12.0 Å². The summed E-state index contributed by atoms with van der Waals surface area (Å²) in [5, 5.41) is 15.3. The number of carboxylic acids is 1. The number of aryl methyl sites for hydroxylation is 1. The van der Waals surface area contributed by atoms with E-state index in [1.54, 1.807) is 17.4 Å². The number of benzene rings is 1. The lowest BCUT2D eigenvalue weighted by molar-refractivity contribution is -0.684. The summed E-state index contributed by atoms with van der Waals surface area (Å²) >= 11 is 0. The van der Waals surface area contributed by atoms with Crippen molar-refractivity contribution in [1.29, 1.82) is 0 Å². The Balaban J connectivity index is 2.48. The molecule has 0 saturated heterocycles. The van der Waals surface area contributed by atoms with Gasteiger partial charge in [0.2, 0.25) is 5.91 Å². The van der Waals surface area contributed by atoms with Gasteiger partial charge in [-0.1, -0.05) is 17.7 Å². The highest BCUT2D eigenvalue weighted by molar-refractivity contribution is 5.93. The number of quaternary nitrogens is 2. The fourth-order valence-corrected chi connectivity index (χ4v) is 1.77. The Labute approximate surface area is 118 Å². The van der Waals surface area contributed by atoms with Crippen molar-refractivity contribution in [2.75, 3.05) is 18.4 Å². The molecule has 6 heteroatoms. The van der Waals surface area contributed by atoms with Crippen LogP contribution in [0.3, 0.4) is 0 Å². The van der Waals surface area contributed by atoms with Crippen molar-refractivity contribution in [3.63, 3.8) is 0 Å². The number of hydrogen-bond acceptors (Lipinski definition) is 3. The second kappa shape index (κ2) is 8.29. The van der Waals surface area contributed by atoms with Gasteiger partial charge in [0.05, 0.1) is 25.5 Å². The van der Waals surface area contributed by atoms with Gasteiger partial charge in [-0.25, -0.2) is 0 Å². The lowest BCUT2D eigenvalue weighted by Crippen LogP contribution is -2.93. The fraction of sp³-hybridized carbons (Fsp3) is 0.429. The third-order valence-electron chi connectivity index (χ3n) is 2.95. The van der Waals surface area contributed by atoms with Crippen LogP contribution < -0.4 is 21.5 Å². The van der Waals surface area contributed by atoms with Crippen LogP contribution in [0.5, 0.6) is 0 Å². The minimum absolute atomic E-state index is 0.104. The van der Waals surface area contributed by atoms with Gasteiger partial charge in [0, 0.05) is 12.1 Å². The van der Waals surface area contributed by atoms with Gasteiger partial charge in [0.25, 0.3) is 0 Å². The summed E-state index contributed by atoms with van der Waals surface area (Å²) in [5.41, 5.74) is 5.45. The predicted molar refractivity (Wildman–Crippen MR) is 72.4 cm³/mol. The first kappa shape index (κ1) is 16.1. The summed E-state index contributed by atoms with van der Waals surface area (Å²) in [6, 6.07) is 6.48. The smallest absolute Gasteiger partial charge is 0.230 e. The van der Waals surface area contributed by atoms with Crippen molar-refractivity contribution >= 4 is 17.6 Å². The number of anilines is 1. The van der Waals surface area contributed by atoms with Crippen LogP contribution >= 0.6 is 0 Å². The summed E-state index contributed by atoms with van der Waals surface area (Å²) < 4.78 is 0. The molecule has 1 atom stereocenters. The molecular weight excluding hydrogens is 258 g/mol. The maximum atomic E-state index is 11.8. The van der Waals surface area contributed by atoms with E-state index in [-0.39, 0.29) is 12.3 Å². The van der Waals surface area contributed by atoms with Gasteiger partial charge in [-0.05, 0) is 19.1 Å². The molecule has 0 aliphatic rings. The lowest BCUT2D eigenvalue weighted by atomic mass is 10.1. The van der Waals surface area contributed by atoms with Crippen LogP contribution in [0.1, 0.15) is 18.4 Å². The van der Waals surface area contributed by atoms with E-state index in [9.17, 15) is 14.7 Å². The van der Waals surface area contributed by atoms with E-state index in [1.165, 1.54) is 0 Å². The molecule has 0 heterocycles. The Morgan fingerprint density at radius 2 is 2.00 bits per heavy atom. The number of amides is 1. The maximum absolute atomic E-state index is 11.8. The summed E-state index contributed by atoms with van der Waals surface area (Å²) in [5.74, 6) is -1.54. The van der Waals surface area contributed by atoms with Gasteiger partial charge in [0.1, 0.15) is 6.04 Å². The van der Waals surface area contributed by atoms with Crippen LogP contribution in [0, 0.1) is 6.92 Å². The van der Waals surface area contributed by atoms with Gasteiger partial charge in [-0.2, -0.15) is 0 Å². The SMILES string of the molecule is Cc1ccc(NC(=O)C[C@@H]([NH2+]CCC[NH3+])C(=O)[O-])cc1. The molecule has 1 rings (SSSR count). The summed E-state index contributed by atoms with van der Waals surface area (Å²) in [6.07, 6.45) is 0.705. The van der Waals surface area contributed by atoms with Crippen molar-refractivity contribution < 1.29 is 25.7 Å². The van der Waals surface area contributed by atoms with Crippen LogP contribution in [0.25, 0.3) is 0 Å². The van der Waals surface area contributed by atoms with E-state index >= 15 is 0 Å². The first-order chi connectivity index (χ1) is 9.52. The molecule has 1 aromatic rings. The van der Waals surface area contributed by atoms with Crippen molar-refractivity contribution in [3.8, 4) is 0 Å². The highest BCUT2D eigenvalue weighted by atomic mass is 16.4. The lowest BCUT2D eigenvalue weighted by Gasteiger charge is -2.16. The van der Waals surface area contributed by atoms with Crippen LogP contribution in [0.2, 0.25) is 0 Å². The zero-order valence-electron chi connectivity index (χ0n) is 11.7. The van der Waals surface area contributed by atoms with E-state index in [2.05, 4.69) is 11.1 Å². The van der Waals surface area contributed by atoms with Crippen molar-refractivity contribution in [1.82, 2.24) is 0 Å². The van der Waals surface area contributed by atoms with Gasteiger partial charge >= 0.3 is 0 Å². The fourth-order valence-electron chi connectivity index (χ4n) is 1.77. The monoisotopic (exact) mass is 280 g/mol. The van der Waals surface area contributed by atoms with Crippen LogP contribution in [0.15, 0.2) is 24.3 Å². The largest absolute Gasteiger partial charge is 0.544 e. The van der Waals surface area contributed by atoms with Gasteiger partial charge < -0.3 is 26.3 Å². The van der Waals surface area contributed by atoms with Gasteiger partial charge in [-0.3, -0.25) is 4.79 Å². The van der Waals surface area contributed by atoms with E-state index in [0.717, 1.165) is 18.5 Å². The van der Waals surface area contributed by atoms with E-state index in [0.29, 0.717) is 12.2 Å². The summed E-state index contributed by atoms with van der Waals surface area (Å²) in [7, 11) is 0. The average Bonchev–Trinajstić information content (AvgIpc) is 2.40. The van der Waals surface area contributed by atoms with E-state index in [4.69, 9.17) is 0 Å². The predicted octanol–water partition coefficient (Wildman–Crippen LogP) is -2.36. The minimum atomic E-state index is -1.21. The second-order valence-electron chi connectivity index (χ2n) is 4.78. The molecule has 0 aromatic heterocycles. The third-order valence-corrected chi connectivity index (χ3v) is 2.95. The molecule has 1 amide bonds. The highest BCUT2D eigenvalue weighted by Crippen LogP contribution is 2.08. The van der Waals surface area contributed by atoms with Crippen LogP contribution in [-0.2, 0) is 9.59 Å². The van der Waals surface area contributed by atoms with Crippen LogP contribution in [-0.4, -0.2) is 31.0 Å². The Hall–Kier alpha value is -1.92. The van der Waals surface area contributed by atoms with Crippen molar-refractivity contribution in [2.45, 2.75) is 25.8 Å². The number of hydrogen-bond donors (Lipinski definition) is 3. The molecule has 0 spiro atoms. The quantitative estimate of drug-likeness (QED) is 0.463. The first-order valence-corrected chi connectivity index (χ1v) is 6.73. The molecule has 110 valence electrons. The molecule has 0 radical (unpaired) electrons.